The van der Waals surface area contributed by atoms with E-state index < -0.39 is 5.91 Å². The third-order valence-electron chi connectivity index (χ3n) is 3.52. The molecular weight excluding hydrogens is 390 g/mol. The minimum absolute atomic E-state index is 0.235. The molecule has 0 aliphatic heterocycles. The number of carbonyl (C=O) groups excluding carboxylic acids is 1. The van der Waals surface area contributed by atoms with Crippen molar-refractivity contribution in [2.75, 3.05) is 19.5 Å². The Bertz CT molecular complexity index is 1050. The summed E-state index contributed by atoms with van der Waals surface area (Å²) in [6.07, 6.45) is 1.46. The minimum Gasteiger partial charge on any atom is -0.494 e. The van der Waals surface area contributed by atoms with Crippen molar-refractivity contribution in [2.24, 2.45) is 0 Å². The molecule has 0 bridgehead atoms. The third kappa shape index (κ3) is 3.97. The van der Waals surface area contributed by atoms with Crippen LogP contribution in [0.15, 0.2) is 30.5 Å². The number of nitrogens with one attached hydrogen (secondary N) is 1. The first-order chi connectivity index (χ1) is 13.0. The summed E-state index contributed by atoms with van der Waals surface area (Å²) in [5, 5.41) is 11.1. The van der Waals surface area contributed by atoms with Crippen LogP contribution in [0.2, 0.25) is 5.15 Å². The number of ether oxygens (including phenoxy) is 2. The topological polar surface area (TPSA) is 90.6 Å². The number of anilines is 1. The van der Waals surface area contributed by atoms with Gasteiger partial charge in [0, 0.05) is 11.1 Å². The van der Waals surface area contributed by atoms with Crippen LogP contribution in [0, 0.1) is 6.57 Å². The maximum atomic E-state index is 12.8. The number of nitrogens with zero attached hydrogens (tertiary/aromatic N) is 4. The lowest BCUT2D eigenvalue weighted by Crippen LogP contribution is -2.13. The quantitative estimate of drug-likeness (QED) is 0.511. The van der Waals surface area contributed by atoms with Crippen molar-refractivity contribution < 1.29 is 14.3 Å². The zero-order chi connectivity index (χ0) is 19.4. The summed E-state index contributed by atoms with van der Waals surface area (Å²) < 4.78 is 10.3. The van der Waals surface area contributed by atoms with Crippen LogP contribution in [0.5, 0.6) is 10.9 Å². The number of amides is 1. The van der Waals surface area contributed by atoms with Crippen LogP contribution in [-0.4, -0.2) is 35.3 Å². The maximum Gasteiger partial charge on any atom is 0.295 e. The lowest BCUT2D eigenvalue weighted by molar-refractivity contribution is 0.102. The Morgan fingerprint density at radius 2 is 2.04 bits per heavy atom. The van der Waals surface area contributed by atoms with E-state index in [2.05, 4.69) is 25.3 Å². The van der Waals surface area contributed by atoms with Gasteiger partial charge in [0.1, 0.15) is 10.9 Å². The van der Waals surface area contributed by atoms with Gasteiger partial charge in [-0.25, -0.2) is 9.83 Å². The molecule has 136 valence electrons. The van der Waals surface area contributed by atoms with E-state index in [-0.39, 0.29) is 10.3 Å². The van der Waals surface area contributed by atoms with E-state index in [1.54, 1.807) is 24.3 Å². The molecule has 3 rings (SSSR count). The molecule has 10 heteroatoms. The molecule has 0 saturated heterocycles. The average molecular weight is 402 g/mol. The number of methoxy groups -OCH3 is 2. The van der Waals surface area contributed by atoms with Crippen molar-refractivity contribution in [3.05, 3.63) is 52.6 Å². The van der Waals surface area contributed by atoms with E-state index in [9.17, 15) is 4.79 Å². The largest absolute Gasteiger partial charge is 0.494 e. The molecule has 3 aromatic rings. The van der Waals surface area contributed by atoms with Gasteiger partial charge in [0.15, 0.2) is 5.69 Å². The van der Waals surface area contributed by atoms with Crippen molar-refractivity contribution in [1.82, 2.24) is 15.2 Å². The fourth-order valence-electron chi connectivity index (χ4n) is 2.32. The summed E-state index contributed by atoms with van der Waals surface area (Å²) in [4.78, 5) is 20.2. The van der Waals surface area contributed by atoms with Gasteiger partial charge in [-0.15, -0.1) is 5.10 Å². The standard InChI is InChI=1S/C17H12ClN5O3S/c1-19-9-4-5-10(15(24)21-16-22-23-17(26-3)27-16)11(6-9)12-7-14(18)20-8-13(12)25-2/h4-8H,2-3H3,(H,21,22,24). The van der Waals surface area contributed by atoms with Gasteiger partial charge in [-0.05, 0) is 29.0 Å². The fourth-order valence-corrected chi connectivity index (χ4v) is 3.03. The van der Waals surface area contributed by atoms with E-state index in [4.69, 9.17) is 27.6 Å². The Kier molecular flexibility index (Phi) is 5.49. The Labute approximate surface area is 163 Å². The lowest BCUT2D eigenvalue weighted by atomic mass is 9.98. The molecule has 0 radical (unpaired) electrons. The van der Waals surface area contributed by atoms with Crippen LogP contribution in [0.3, 0.4) is 0 Å². The maximum absolute atomic E-state index is 12.8. The van der Waals surface area contributed by atoms with Crippen molar-refractivity contribution in [3.8, 4) is 22.1 Å². The van der Waals surface area contributed by atoms with Gasteiger partial charge in [0.05, 0.1) is 27.0 Å². The third-order valence-corrected chi connectivity index (χ3v) is 4.53. The van der Waals surface area contributed by atoms with Crippen LogP contribution in [0.1, 0.15) is 10.4 Å². The predicted molar refractivity (Wildman–Crippen MR) is 102 cm³/mol. The highest BCUT2D eigenvalue weighted by atomic mass is 35.5. The highest BCUT2D eigenvalue weighted by molar-refractivity contribution is 7.17. The van der Waals surface area contributed by atoms with Crippen molar-refractivity contribution in [1.29, 1.82) is 0 Å². The summed E-state index contributed by atoms with van der Waals surface area (Å²) in [5.41, 5.74) is 1.72. The monoisotopic (exact) mass is 401 g/mol. The number of benzene rings is 1. The summed E-state index contributed by atoms with van der Waals surface area (Å²) in [6, 6.07) is 6.29. The summed E-state index contributed by atoms with van der Waals surface area (Å²) in [6.45, 7) is 7.25. The second-order valence-corrected chi connectivity index (χ2v) is 6.41. The van der Waals surface area contributed by atoms with Gasteiger partial charge < -0.3 is 9.47 Å². The highest BCUT2D eigenvalue weighted by Crippen LogP contribution is 2.36. The number of carbonyl (C=O) groups is 1. The zero-order valence-electron chi connectivity index (χ0n) is 14.2. The predicted octanol–water partition coefficient (Wildman–Crippen LogP) is 4.07. The van der Waals surface area contributed by atoms with Crippen LogP contribution in [0.4, 0.5) is 10.8 Å². The lowest BCUT2D eigenvalue weighted by Gasteiger charge is -2.13. The molecule has 1 aromatic carbocycles. The molecule has 0 spiro atoms. The molecule has 2 heterocycles. The Morgan fingerprint density at radius 3 is 2.70 bits per heavy atom. The first-order valence-corrected chi connectivity index (χ1v) is 8.65. The highest BCUT2D eigenvalue weighted by Gasteiger charge is 2.19. The molecule has 8 nitrogen and oxygen atoms in total. The Balaban J connectivity index is 2.07. The van der Waals surface area contributed by atoms with Crippen molar-refractivity contribution in [2.45, 2.75) is 0 Å². The zero-order valence-corrected chi connectivity index (χ0v) is 15.8. The summed E-state index contributed by atoms with van der Waals surface area (Å²) in [7, 11) is 2.95. The van der Waals surface area contributed by atoms with Crippen LogP contribution in [0.25, 0.3) is 16.0 Å². The molecule has 1 N–H and O–H groups in total. The van der Waals surface area contributed by atoms with E-state index in [0.29, 0.717) is 33.3 Å². The molecule has 0 saturated carbocycles. The second kappa shape index (κ2) is 7.99. The Hall–Kier alpha value is -3.22. The van der Waals surface area contributed by atoms with E-state index in [1.807, 2.05) is 0 Å². The van der Waals surface area contributed by atoms with Gasteiger partial charge in [-0.1, -0.05) is 28.8 Å². The average Bonchev–Trinajstić information content (AvgIpc) is 3.14. The van der Waals surface area contributed by atoms with E-state index >= 15 is 0 Å². The van der Waals surface area contributed by atoms with Crippen LogP contribution < -0.4 is 14.8 Å². The molecule has 2 aromatic heterocycles. The number of halogens is 1. The molecule has 0 fully saturated rings. The summed E-state index contributed by atoms with van der Waals surface area (Å²) in [5.74, 6) is 0.00323. The van der Waals surface area contributed by atoms with Crippen molar-refractivity contribution >= 4 is 39.7 Å². The number of hydrogen-bond donors (Lipinski definition) is 1. The number of pyridine rings is 1. The minimum atomic E-state index is -0.421. The summed E-state index contributed by atoms with van der Waals surface area (Å²) >= 11 is 7.11. The normalized spacial score (nSPS) is 10.1. The second-order valence-electron chi connectivity index (χ2n) is 5.08. The van der Waals surface area contributed by atoms with Gasteiger partial charge >= 0.3 is 0 Å². The van der Waals surface area contributed by atoms with Gasteiger partial charge in [-0.3, -0.25) is 10.1 Å². The molecule has 0 unspecified atom stereocenters. The van der Waals surface area contributed by atoms with Crippen LogP contribution >= 0.6 is 22.9 Å². The van der Waals surface area contributed by atoms with Gasteiger partial charge in [-0.2, -0.15) is 0 Å². The van der Waals surface area contributed by atoms with E-state index in [0.717, 1.165) is 11.3 Å². The Morgan fingerprint density at radius 1 is 1.22 bits per heavy atom. The van der Waals surface area contributed by atoms with E-state index in [1.165, 1.54) is 20.4 Å². The number of rotatable bonds is 5. The molecule has 1 amide bonds. The SMILES string of the molecule is [C-]#[N+]c1ccc(C(=O)Nc2nnc(OC)s2)c(-c2cc(Cl)ncc2OC)c1. The molecular formula is C17H12ClN5O3S. The molecule has 0 atom stereocenters. The number of hydrogen-bond acceptors (Lipinski definition) is 7. The van der Waals surface area contributed by atoms with Crippen molar-refractivity contribution in [3.63, 3.8) is 0 Å². The molecule has 0 aliphatic carbocycles. The number of aromatic nitrogens is 3. The first kappa shape index (κ1) is 18.6. The molecule has 27 heavy (non-hydrogen) atoms. The van der Waals surface area contributed by atoms with Crippen LogP contribution in [-0.2, 0) is 0 Å². The fraction of sp³-hybridized carbons (Fsp3) is 0.118. The molecule has 0 aliphatic rings. The first-order valence-electron chi connectivity index (χ1n) is 7.46. The van der Waals surface area contributed by atoms with Gasteiger partial charge in [0.2, 0.25) is 5.13 Å². The smallest absolute Gasteiger partial charge is 0.295 e. The van der Waals surface area contributed by atoms with Gasteiger partial charge in [0.25, 0.3) is 11.1 Å².